The van der Waals surface area contributed by atoms with Crippen molar-refractivity contribution in [3.8, 4) is 0 Å². The summed E-state index contributed by atoms with van der Waals surface area (Å²) in [6, 6.07) is 5.46. The van der Waals surface area contributed by atoms with Gasteiger partial charge >= 0.3 is 0 Å². The lowest BCUT2D eigenvalue weighted by atomic mass is 9.89. The smallest absolute Gasteiger partial charge is 0.289 e. The van der Waals surface area contributed by atoms with Crippen molar-refractivity contribution >= 4 is 46.8 Å². The van der Waals surface area contributed by atoms with Crippen LogP contribution in [0.1, 0.15) is 48.8 Å². The molecule has 3 N–H and O–H groups in total. The Balaban J connectivity index is 0.00000361. The molecule has 2 aromatic rings. The van der Waals surface area contributed by atoms with E-state index in [0.717, 1.165) is 41.6 Å². The Bertz CT molecular complexity index is 1130. The molecule has 0 spiro atoms. The number of aryl methyl sites for hydroxylation is 1. The number of halogens is 1. The van der Waals surface area contributed by atoms with E-state index in [2.05, 4.69) is 26.0 Å². The number of ether oxygens (including phenoxy) is 2. The molecule has 2 atom stereocenters. The average Bonchev–Trinajstić information content (AvgIpc) is 2.87. The Hall–Kier alpha value is -2.86. The highest BCUT2D eigenvalue weighted by Crippen LogP contribution is 2.30. The maximum atomic E-state index is 12.7. The van der Waals surface area contributed by atoms with Crippen LogP contribution in [0.5, 0.6) is 0 Å². The van der Waals surface area contributed by atoms with Crippen molar-refractivity contribution in [2.45, 2.75) is 57.2 Å². The van der Waals surface area contributed by atoms with Gasteiger partial charge in [-0.05, 0) is 38.8 Å². The molecular formula is C24H33ClN6O5. The van der Waals surface area contributed by atoms with Gasteiger partial charge in [-0.25, -0.2) is 20.4 Å². The van der Waals surface area contributed by atoms with Gasteiger partial charge < -0.3 is 20.1 Å². The second-order valence-electron chi connectivity index (χ2n) is 9.12. The van der Waals surface area contributed by atoms with E-state index in [1.165, 1.54) is 14.0 Å². The second-order valence-corrected chi connectivity index (χ2v) is 9.12. The van der Waals surface area contributed by atoms with Gasteiger partial charge in [0.25, 0.3) is 17.7 Å². The summed E-state index contributed by atoms with van der Waals surface area (Å²) in [6.07, 6.45) is 3.53. The number of carbonyl (C=O) groups is 3. The highest BCUT2D eigenvalue weighted by atomic mass is 35.5. The molecule has 0 unspecified atom stereocenters. The summed E-state index contributed by atoms with van der Waals surface area (Å²) in [5.41, 5.74) is 3.35. The van der Waals surface area contributed by atoms with Gasteiger partial charge in [-0.1, -0.05) is 24.5 Å². The van der Waals surface area contributed by atoms with Crippen LogP contribution in [0.2, 0.25) is 0 Å². The van der Waals surface area contributed by atoms with E-state index in [1.807, 2.05) is 25.1 Å². The Kier molecular flexibility index (Phi) is 8.83. The number of hydrogen-bond acceptors (Lipinski definition) is 9. The molecule has 36 heavy (non-hydrogen) atoms. The first-order chi connectivity index (χ1) is 16.8. The molecule has 3 amide bonds. The van der Waals surface area contributed by atoms with Gasteiger partial charge in [0.15, 0.2) is 0 Å². The fourth-order valence-corrected chi connectivity index (χ4v) is 4.45. The summed E-state index contributed by atoms with van der Waals surface area (Å²) >= 11 is 0. The van der Waals surface area contributed by atoms with Gasteiger partial charge in [0, 0.05) is 38.2 Å². The van der Waals surface area contributed by atoms with Crippen molar-refractivity contribution in [3.63, 3.8) is 0 Å². The van der Waals surface area contributed by atoms with Crippen molar-refractivity contribution in [1.29, 1.82) is 0 Å². The molecule has 1 saturated heterocycles. The monoisotopic (exact) mass is 520 g/mol. The number of hydrogen-bond donors (Lipinski definition) is 3. The van der Waals surface area contributed by atoms with Crippen LogP contribution in [0.25, 0.3) is 10.9 Å². The van der Waals surface area contributed by atoms with E-state index in [-0.39, 0.29) is 36.2 Å². The predicted molar refractivity (Wildman–Crippen MR) is 136 cm³/mol. The van der Waals surface area contributed by atoms with E-state index < -0.39 is 17.4 Å². The Morgan fingerprint density at radius 3 is 2.50 bits per heavy atom. The number of β-lactam (4-membered cyclic amide) rings is 2. The first-order valence-electron chi connectivity index (χ1n) is 11.8. The number of aromatic nitrogens is 2. The zero-order valence-electron chi connectivity index (χ0n) is 20.9. The van der Waals surface area contributed by atoms with Crippen molar-refractivity contribution in [2.24, 2.45) is 0 Å². The number of imide groups is 1. The lowest BCUT2D eigenvalue weighted by Crippen LogP contribution is -2.76. The molecule has 1 saturated carbocycles. The molecule has 1 aromatic carbocycles. The number of anilines is 1. The SMILES string of the molecule is COCCNC(=O)c1nc(N[C@H]2CCCC[C@H]2NN2C(=O)C(C)(OC)C2=O)c2cc(C)ccc2n1.Cl. The molecule has 4 rings (SSSR count). The number of carbonyl (C=O) groups excluding carboxylic acids is 3. The van der Waals surface area contributed by atoms with Gasteiger partial charge in [-0.2, -0.15) is 0 Å². The molecule has 1 aliphatic carbocycles. The number of rotatable bonds is 9. The van der Waals surface area contributed by atoms with Crippen LogP contribution in [0.4, 0.5) is 5.82 Å². The van der Waals surface area contributed by atoms with Gasteiger partial charge in [0.2, 0.25) is 11.4 Å². The zero-order valence-corrected chi connectivity index (χ0v) is 21.7. The molecule has 196 valence electrons. The van der Waals surface area contributed by atoms with Crippen molar-refractivity contribution in [1.82, 2.24) is 25.7 Å². The number of hydrazine groups is 1. The van der Waals surface area contributed by atoms with Crippen LogP contribution in [-0.2, 0) is 19.1 Å². The highest BCUT2D eigenvalue weighted by Gasteiger charge is 2.59. The zero-order chi connectivity index (χ0) is 25.2. The normalized spacial score (nSPS) is 21.1. The third-order valence-corrected chi connectivity index (χ3v) is 6.66. The first kappa shape index (κ1) is 27.7. The van der Waals surface area contributed by atoms with Gasteiger partial charge in [0.1, 0.15) is 5.82 Å². The van der Waals surface area contributed by atoms with E-state index in [0.29, 0.717) is 24.5 Å². The number of amides is 3. The van der Waals surface area contributed by atoms with Crippen LogP contribution in [-0.4, -0.2) is 77.8 Å². The van der Waals surface area contributed by atoms with Crippen molar-refractivity contribution in [3.05, 3.63) is 29.6 Å². The summed E-state index contributed by atoms with van der Waals surface area (Å²) in [5, 5.41) is 8.08. The number of nitrogens with zero attached hydrogens (tertiary/aromatic N) is 3. The molecule has 12 heteroatoms. The first-order valence-corrected chi connectivity index (χ1v) is 11.8. The van der Waals surface area contributed by atoms with Crippen molar-refractivity contribution < 1.29 is 23.9 Å². The highest BCUT2D eigenvalue weighted by molar-refractivity contribution is 6.24. The summed E-state index contributed by atoms with van der Waals surface area (Å²) in [5.74, 6) is -0.608. The minimum atomic E-state index is -1.43. The number of nitrogens with one attached hydrogen (secondary N) is 3. The van der Waals surface area contributed by atoms with Crippen LogP contribution in [0.3, 0.4) is 0 Å². The maximum Gasteiger partial charge on any atom is 0.289 e. The Morgan fingerprint density at radius 2 is 1.83 bits per heavy atom. The lowest BCUT2D eigenvalue weighted by Gasteiger charge is -2.45. The topological polar surface area (TPSA) is 135 Å². The summed E-state index contributed by atoms with van der Waals surface area (Å²) in [6.45, 7) is 4.18. The van der Waals surface area contributed by atoms with Crippen molar-refractivity contribution in [2.75, 3.05) is 32.7 Å². The van der Waals surface area contributed by atoms with E-state index >= 15 is 0 Å². The standard InChI is InChI=1S/C24H32N6O5.ClH/c1-14-9-10-16-15(13-14)19(28-20(26-16)21(31)25-11-12-34-3)27-17-7-5-6-8-18(17)29-30-22(32)24(2,35-4)23(30)33;/h9-10,13,17-18,29H,5-8,11-12H2,1-4H3,(H,25,31)(H,26,27,28);1H/t17-,18+;/m0./s1. The molecule has 0 radical (unpaired) electrons. The second kappa shape index (κ2) is 11.5. The fourth-order valence-electron chi connectivity index (χ4n) is 4.45. The van der Waals surface area contributed by atoms with Crippen LogP contribution in [0, 0.1) is 6.92 Å². The van der Waals surface area contributed by atoms with Gasteiger partial charge in [0.05, 0.1) is 12.1 Å². The molecule has 0 bridgehead atoms. The Labute approximate surface area is 216 Å². The molecule has 2 heterocycles. The lowest BCUT2D eigenvalue weighted by molar-refractivity contribution is -0.196. The molecule has 11 nitrogen and oxygen atoms in total. The van der Waals surface area contributed by atoms with Crippen LogP contribution in [0.15, 0.2) is 18.2 Å². The van der Waals surface area contributed by atoms with E-state index in [9.17, 15) is 14.4 Å². The molecule has 1 aliphatic heterocycles. The minimum absolute atomic E-state index is 0. The molecule has 1 aromatic heterocycles. The molecule has 2 aliphatic rings. The number of fused-ring (bicyclic) bond motifs is 1. The quantitative estimate of drug-likeness (QED) is 0.256. The third-order valence-electron chi connectivity index (χ3n) is 6.66. The fraction of sp³-hybridized carbons (Fsp3) is 0.542. The van der Waals surface area contributed by atoms with Crippen LogP contribution >= 0.6 is 12.4 Å². The third kappa shape index (κ3) is 5.29. The summed E-state index contributed by atoms with van der Waals surface area (Å²) in [7, 11) is 2.91. The van der Waals surface area contributed by atoms with E-state index in [1.54, 1.807) is 7.11 Å². The van der Waals surface area contributed by atoms with E-state index in [4.69, 9.17) is 9.47 Å². The summed E-state index contributed by atoms with van der Waals surface area (Å²) in [4.78, 5) is 46.7. The average molecular weight is 521 g/mol. The van der Waals surface area contributed by atoms with Crippen LogP contribution < -0.4 is 16.1 Å². The molecular weight excluding hydrogens is 488 g/mol. The Morgan fingerprint density at radius 1 is 1.14 bits per heavy atom. The largest absolute Gasteiger partial charge is 0.383 e. The number of benzene rings is 1. The summed E-state index contributed by atoms with van der Waals surface area (Å²) < 4.78 is 10.1. The number of methoxy groups -OCH3 is 2. The molecule has 2 fully saturated rings. The minimum Gasteiger partial charge on any atom is -0.383 e. The van der Waals surface area contributed by atoms with Gasteiger partial charge in [-0.3, -0.25) is 14.4 Å². The maximum absolute atomic E-state index is 12.7. The van der Waals surface area contributed by atoms with Gasteiger partial charge in [-0.15, -0.1) is 12.4 Å². The predicted octanol–water partition coefficient (Wildman–Crippen LogP) is 1.74.